The van der Waals surface area contributed by atoms with E-state index in [1.165, 1.54) is 12.3 Å². The predicted molar refractivity (Wildman–Crippen MR) is 54.5 cm³/mol. The van der Waals surface area contributed by atoms with Crippen molar-refractivity contribution >= 4 is 11.9 Å². The van der Waals surface area contributed by atoms with Gasteiger partial charge in [0.2, 0.25) is 0 Å². The Morgan fingerprint density at radius 2 is 2.29 bits per heavy atom. The van der Waals surface area contributed by atoms with Gasteiger partial charge < -0.3 is 5.43 Å². The van der Waals surface area contributed by atoms with Gasteiger partial charge >= 0.3 is 0 Å². The molecular weight excluding hydrogens is 182 g/mol. The number of nitro groups is 1. The molecule has 0 aliphatic rings. The van der Waals surface area contributed by atoms with E-state index < -0.39 is 4.92 Å². The Balaban J connectivity index is 3.06. The third kappa shape index (κ3) is 2.29. The summed E-state index contributed by atoms with van der Waals surface area (Å²) in [4.78, 5) is 10.2. The minimum atomic E-state index is -0.397. The van der Waals surface area contributed by atoms with Crippen LogP contribution in [0.15, 0.2) is 23.3 Å². The van der Waals surface area contributed by atoms with Crippen molar-refractivity contribution in [3.63, 3.8) is 0 Å². The fraction of sp³-hybridized carbons (Fsp3) is 0.222. The maximum absolute atomic E-state index is 10.6. The van der Waals surface area contributed by atoms with Gasteiger partial charge in [0, 0.05) is 24.2 Å². The summed E-state index contributed by atoms with van der Waals surface area (Å²) in [5, 5.41) is 14.4. The van der Waals surface area contributed by atoms with E-state index >= 15 is 0 Å². The predicted octanol–water partition coefficient (Wildman–Crippen LogP) is 1.46. The SMILES string of the molecule is CNN=Cc1ccc(C)c([N+](=O)[O-])c1. The molecule has 1 aromatic rings. The molecule has 0 unspecified atom stereocenters. The Hall–Kier alpha value is -1.91. The summed E-state index contributed by atoms with van der Waals surface area (Å²) in [7, 11) is 1.67. The van der Waals surface area contributed by atoms with Crippen molar-refractivity contribution in [3.8, 4) is 0 Å². The van der Waals surface area contributed by atoms with Gasteiger partial charge in [0.05, 0.1) is 11.1 Å². The first kappa shape index (κ1) is 10.2. The van der Waals surface area contributed by atoms with Crippen molar-refractivity contribution in [1.82, 2.24) is 5.43 Å². The van der Waals surface area contributed by atoms with Gasteiger partial charge in [0.25, 0.3) is 5.69 Å². The van der Waals surface area contributed by atoms with Gasteiger partial charge in [-0.15, -0.1) is 0 Å². The summed E-state index contributed by atoms with van der Waals surface area (Å²) in [6, 6.07) is 4.98. The minimum absolute atomic E-state index is 0.116. The summed E-state index contributed by atoms with van der Waals surface area (Å²) in [6.45, 7) is 1.71. The minimum Gasteiger partial charge on any atom is -0.313 e. The van der Waals surface area contributed by atoms with Gasteiger partial charge in [-0.25, -0.2) is 0 Å². The molecular formula is C9H11N3O2. The zero-order valence-electron chi connectivity index (χ0n) is 8.02. The van der Waals surface area contributed by atoms with Gasteiger partial charge in [-0.3, -0.25) is 10.1 Å². The third-order valence-corrected chi connectivity index (χ3v) is 1.77. The Labute approximate surface area is 81.6 Å². The molecule has 5 heteroatoms. The fourth-order valence-corrected chi connectivity index (χ4v) is 1.04. The van der Waals surface area contributed by atoms with Crippen LogP contribution < -0.4 is 5.43 Å². The van der Waals surface area contributed by atoms with Crippen molar-refractivity contribution in [3.05, 3.63) is 39.4 Å². The van der Waals surface area contributed by atoms with Gasteiger partial charge in [0.1, 0.15) is 0 Å². The molecule has 1 aromatic carbocycles. The number of nitrogens with zero attached hydrogens (tertiary/aromatic N) is 2. The molecule has 0 saturated carbocycles. The van der Waals surface area contributed by atoms with Crippen molar-refractivity contribution < 1.29 is 4.92 Å². The molecule has 74 valence electrons. The zero-order valence-corrected chi connectivity index (χ0v) is 8.02. The number of hydrogen-bond donors (Lipinski definition) is 1. The summed E-state index contributed by atoms with van der Waals surface area (Å²) in [5.41, 5.74) is 4.05. The number of rotatable bonds is 3. The van der Waals surface area contributed by atoms with Gasteiger partial charge in [-0.2, -0.15) is 5.10 Å². The highest BCUT2D eigenvalue weighted by atomic mass is 16.6. The second-order valence-corrected chi connectivity index (χ2v) is 2.78. The summed E-state index contributed by atoms with van der Waals surface area (Å²) >= 11 is 0. The van der Waals surface area contributed by atoms with Crippen molar-refractivity contribution in [2.75, 3.05) is 7.05 Å². The monoisotopic (exact) mass is 193 g/mol. The van der Waals surface area contributed by atoms with E-state index in [0.29, 0.717) is 11.1 Å². The van der Waals surface area contributed by atoms with E-state index in [4.69, 9.17) is 0 Å². The Morgan fingerprint density at radius 3 is 2.86 bits per heavy atom. The van der Waals surface area contributed by atoms with Crippen LogP contribution >= 0.6 is 0 Å². The topological polar surface area (TPSA) is 67.5 Å². The summed E-state index contributed by atoms with van der Waals surface area (Å²) in [5.74, 6) is 0. The summed E-state index contributed by atoms with van der Waals surface area (Å²) < 4.78 is 0. The maximum atomic E-state index is 10.6. The molecule has 0 amide bonds. The van der Waals surface area contributed by atoms with Crippen LogP contribution in [0.1, 0.15) is 11.1 Å². The number of hydrogen-bond acceptors (Lipinski definition) is 4. The largest absolute Gasteiger partial charge is 0.313 e. The molecule has 0 radical (unpaired) electrons. The van der Waals surface area contributed by atoms with Gasteiger partial charge in [-0.1, -0.05) is 12.1 Å². The molecule has 0 aliphatic carbocycles. The van der Waals surface area contributed by atoms with E-state index in [1.807, 2.05) is 0 Å². The standard InChI is InChI=1S/C9H11N3O2/c1-7-3-4-8(6-11-10-2)5-9(7)12(13)14/h3-6,10H,1-2H3. The van der Waals surface area contributed by atoms with E-state index in [2.05, 4.69) is 10.5 Å². The second-order valence-electron chi connectivity index (χ2n) is 2.78. The number of nitro benzene ring substituents is 1. The van der Waals surface area contributed by atoms with Gasteiger partial charge in [-0.05, 0) is 6.92 Å². The van der Waals surface area contributed by atoms with Gasteiger partial charge in [0.15, 0.2) is 0 Å². The van der Waals surface area contributed by atoms with Crippen LogP contribution in [0.2, 0.25) is 0 Å². The number of hydrazone groups is 1. The Bertz CT molecular complexity index is 374. The molecule has 5 nitrogen and oxygen atoms in total. The van der Waals surface area contributed by atoms with Crippen LogP contribution in [0.4, 0.5) is 5.69 Å². The zero-order chi connectivity index (χ0) is 10.6. The first-order valence-electron chi connectivity index (χ1n) is 4.10. The summed E-state index contributed by atoms with van der Waals surface area (Å²) in [6.07, 6.45) is 1.53. The Morgan fingerprint density at radius 1 is 1.57 bits per heavy atom. The van der Waals surface area contributed by atoms with E-state index in [-0.39, 0.29) is 5.69 Å². The van der Waals surface area contributed by atoms with Crippen molar-refractivity contribution in [2.45, 2.75) is 6.92 Å². The molecule has 1 rings (SSSR count). The van der Waals surface area contributed by atoms with Crippen LogP contribution in [0.5, 0.6) is 0 Å². The lowest BCUT2D eigenvalue weighted by atomic mass is 10.1. The van der Waals surface area contributed by atoms with E-state index in [0.717, 1.165) is 0 Å². The lowest BCUT2D eigenvalue weighted by molar-refractivity contribution is -0.385. The molecule has 0 spiro atoms. The highest BCUT2D eigenvalue weighted by Gasteiger charge is 2.09. The quantitative estimate of drug-likeness (QED) is 0.449. The molecule has 0 heterocycles. The molecule has 14 heavy (non-hydrogen) atoms. The highest BCUT2D eigenvalue weighted by molar-refractivity contribution is 5.80. The fourth-order valence-electron chi connectivity index (χ4n) is 1.04. The molecule has 0 atom stereocenters. The number of benzene rings is 1. The van der Waals surface area contributed by atoms with Crippen LogP contribution in [0.3, 0.4) is 0 Å². The average molecular weight is 193 g/mol. The van der Waals surface area contributed by atoms with Crippen LogP contribution in [-0.2, 0) is 0 Å². The average Bonchev–Trinajstić information content (AvgIpc) is 2.16. The van der Waals surface area contributed by atoms with Crippen LogP contribution in [-0.4, -0.2) is 18.2 Å². The van der Waals surface area contributed by atoms with E-state index in [1.54, 1.807) is 26.1 Å². The molecule has 0 aliphatic heterocycles. The Kier molecular flexibility index (Phi) is 3.17. The normalized spacial score (nSPS) is 10.4. The first-order chi connectivity index (χ1) is 6.65. The lowest BCUT2D eigenvalue weighted by Gasteiger charge is -1.97. The molecule has 0 aromatic heterocycles. The van der Waals surface area contributed by atoms with E-state index in [9.17, 15) is 10.1 Å². The molecule has 0 saturated heterocycles. The first-order valence-corrected chi connectivity index (χ1v) is 4.10. The van der Waals surface area contributed by atoms with Crippen LogP contribution in [0.25, 0.3) is 0 Å². The second kappa shape index (κ2) is 4.36. The molecule has 0 bridgehead atoms. The smallest absolute Gasteiger partial charge is 0.272 e. The highest BCUT2D eigenvalue weighted by Crippen LogP contribution is 2.17. The van der Waals surface area contributed by atoms with Crippen molar-refractivity contribution in [1.29, 1.82) is 0 Å². The third-order valence-electron chi connectivity index (χ3n) is 1.77. The number of aryl methyl sites for hydroxylation is 1. The number of nitrogens with one attached hydrogen (secondary N) is 1. The lowest BCUT2D eigenvalue weighted by Crippen LogP contribution is -1.97. The molecule has 0 fully saturated rings. The van der Waals surface area contributed by atoms with Crippen molar-refractivity contribution in [2.24, 2.45) is 5.10 Å². The van der Waals surface area contributed by atoms with Crippen LogP contribution in [0, 0.1) is 17.0 Å². The molecule has 1 N–H and O–H groups in total. The maximum Gasteiger partial charge on any atom is 0.272 e.